The first kappa shape index (κ1) is 11.9. The fourth-order valence-electron chi connectivity index (χ4n) is 0.755. The van der Waals surface area contributed by atoms with E-state index in [9.17, 15) is 4.79 Å². The van der Waals surface area contributed by atoms with Gasteiger partial charge in [-0.05, 0) is 27.1 Å². The second-order valence-electron chi connectivity index (χ2n) is 3.00. The number of hydrogen-bond donors (Lipinski definition) is 3. The topological polar surface area (TPSA) is 64.6 Å². The van der Waals surface area contributed by atoms with Crippen molar-refractivity contribution in [2.75, 3.05) is 27.2 Å². The number of nitrogens with zero attached hydrogens (tertiary/aromatic N) is 1. The van der Waals surface area contributed by atoms with Gasteiger partial charge in [-0.1, -0.05) is 6.58 Å². The number of carbonyl (C=O) groups is 1. The Bertz CT molecular complexity index is 180. The van der Waals surface area contributed by atoms with Gasteiger partial charge in [0.15, 0.2) is 0 Å². The summed E-state index contributed by atoms with van der Waals surface area (Å²) in [5.74, 6) is -0.374. The summed E-state index contributed by atoms with van der Waals surface area (Å²) >= 11 is 0. The minimum Gasteiger partial charge on any atom is -0.351 e. The van der Waals surface area contributed by atoms with Crippen molar-refractivity contribution in [2.24, 2.45) is 0 Å². The van der Waals surface area contributed by atoms with Gasteiger partial charge in [0.25, 0.3) is 5.91 Å². The molecule has 0 saturated heterocycles. The van der Waals surface area contributed by atoms with Crippen LogP contribution in [-0.2, 0) is 4.79 Å². The molecule has 0 saturated carbocycles. The third kappa shape index (κ3) is 6.12. The maximum absolute atomic E-state index is 11.0. The standard InChI is InChI=1S/C8H17N3O2/c1-7(10-13)8(12)9-5-4-6-11(2)3/h10,13H,1,4-6H2,2-3H3,(H,9,12). The van der Waals surface area contributed by atoms with E-state index < -0.39 is 0 Å². The molecule has 13 heavy (non-hydrogen) atoms. The summed E-state index contributed by atoms with van der Waals surface area (Å²) in [6.45, 7) is 4.80. The highest BCUT2D eigenvalue weighted by atomic mass is 16.5. The Morgan fingerprint density at radius 2 is 2.15 bits per heavy atom. The van der Waals surface area contributed by atoms with Crippen LogP contribution < -0.4 is 10.8 Å². The number of hydrogen-bond acceptors (Lipinski definition) is 4. The molecule has 0 aromatic heterocycles. The third-order valence-electron chi connectivity index (χ3n) is 1.48. The van der Waals surface area contributed by atoms with Gasteiger partial charge in [0.1, 0.15) is 5.70 Å². The van der Waals surface area contributed by atoms with Gasteiger partial charge in [-0.25, -0.2) is 0 Å². The lowest BCUT2D eigenvalue weighted by atomic mass is 10.4. The average Bonchev–Trinajstić information content (AvgIpc) is 2.10. The zero-order chi connectivity index (χ0) is 10.3. The van der Waals surface area contributed by atoms with Crippen LogP contribution in [0.15, 0.2) is 12.3 Å². The molecule has 76 valence electrons. The van der Waals surface area contributed by atoms with Crippen LogP contribution >= 0.6 is 0 Å². The van der Waals surface area contributed by atoms with E-state index in [1.54, 1.807) is 5.48 Å². The van der Waals surface area contributed by atoms with Crippen LogP contribution in [0.4, 0.5) is 0 Å². The highest BCUT2D eigenvalue weighted by molar-refractivity contribution is 5.91. The lowest BCUT2D eigenvalue weighted by Gasteiger charge is -2.10. The van der Waals surface area contributed by atoms with E-state index in [2.05, 4.69) is 11.9 Å². The quantitative estimate of drug-likeness (QED) is 0.299. The van der Waals surface area contributed by atoms with Gasteiger partial charge in [-0.3, -0.25) is 15.5 Å². The predicted octanol–water partition coefficient (Wildman–Crippen LogP) is -0.453. The van der Waals surface area contributed by atoms with Crippen molar-refractivity contribution in [3.8, 4) is 0 Å². The largest absolute Gasteiger partial charge is 0.351 e. The molecule has 0 fully saturated rings. The van der Waals surface area contributed by atoms with E-state index in [1.807, 2.05) is 19.0 Å². The molecular formula is C8H17N3O2. The number of carbonyl (C=O) groups excluding carboxylic acids is 1. The Morgan fingerprint density at radius 3 is 2.62 bits per heavy atom. The zero-order valence-corrected chi connectivity index (χ0v) is 8.13. The van der Waals surface area contributed by atoms with Gasteiger partial charge in [0, 0.05) is 6.54 Å². The minimum atomic E-state index is -0.374. The Hall–Kier alpha value is -1.07. The van der Waals surface area contributed by atoms with Crippen molar-refractivity contribution in [1.29, 1.82) is 0 Å². The van der Waals surface area contributed by atoms with Crippen molar-refractivity contribution in [3.63, 3.8) is 0 Å². The fourth-order valence-corrected chi connectivity index (χ4v) is 0.755. The Morgan fingerprint density at radius 1 is 1.54 bits per heavy atom. The van der Waals surface area contributed by atoms with Crippen molar-refractivity contribution in [2.45, 2.75) is 6.42 Å². The predicted molar refractivity (Wildman–Crippen MR) is 50.2 cm³/mol. The smallest absolute Gasteiger partial charge is 0.269 e. The van der Waals surface area contributed by atoms with Crippen LogP contribution in [-0.4, -0.2) is 43.2 Å². The molecular weight excluding hydrogens is 170 g/mol. The summed E-state index contributed by atoms with van der Waals surface area (Å²) in [5.41, 5.74) is 1.66. The lowest BCUT2D eigenvalue weighted by molar-refractivity contribution is -0.118. The molecule has 0 aromatic rings. The second kappa shape index (κ2) is 6.45. The summed E-state index contributed by atoms with van der Waals surface area (Å²) < 4.78 is 0. The SMILES string of the molecule is C=C(NO)C(=O)NCCCN(C)C. The molecule has 5 heteroatoms. The molecule has 5 nitrogen and oxygen atoms in total. The second-order valence-corrected chi connectivity index (χ2v) is 3.00. The maximum Gasteiger partial charge on any atom is 0.269 e. The Labute approximate surface area is 78.4 Å². The molecule has 3 N–H and O–H groups in total. The zero-order valence-electron chi connectivity index (χ0n) is 8.13. The normalized spacial score (nSPS) is 9.85. The van der Waals surface area contributed by atoms with Crippen molar-refractivity contribution in [3.05, 3.63) is 12.3 Å². The summed E-state index contributed by atoms with van der Waals surface area (Å²) in [6.07, 6.45) is 0.872. The molecule has 0 aliphatic carbocycles. The van der Waals surface area contributed by atoms with Crippen LogP contribution in [0.2, 0.25) is 0 Å². The summed E-state index contributed by atoms with van der Waals surface area (Å²) in [7, 11) is 3.94. The number of nitrogens with one attached hydrogen (secondary N) is 2. The van der Waals surface area contributed by atoms with Gasteiger partial charge < -0.3 is 10.2 Å². The molecule has 0 unspecified atom stereocenters. The molecule has 0 aliphatic heterocycles. The van der Waals surface area contributed by atoms with Gasteiger partial charge in [0.2, 0.25) is 0 Å². The molecule has 0 spiro atoms. The van der Waals surface area contributed by atoms with Crippen molar-refractivity contribution in [1.82, 2.24) is 15.7 Å². The third-order valence-corrected chi connectivity index (χ3v) is 1.48. The molecule has 0 aliphatic rings. The van der Waals surface area contributed by atoms with E-state index in [4.69, 9.17) is 5.21 Å². The first-order valence-electron chi connectivity index (χ1n) is 4.10. The molecule has 0 bridgehead atoms. The molecule has 1 amide bonds. The first-order chi connectivity index (χ1) is 6.07. The molecule has 0 radical (unpaired) electrons. The monoisotopic (exact) mass is 187 g/mol. The highest BCUT2D eigenvalue weighted by Gasteiger charge is 2.03. The highest BCUT2D eigenvalue weighted by Crippen LogP contribution is 1.84. The van der Waals surface area contributed by atoms with Crippen LogP contribution in [0.25, 0.3) is 0 Å². The number of rotatable bonds is 6. The summed E-state index contributed by atoms with van der Waals surface area (Å²) in [4.78, 5) is 13.0. The van der Waals surface area contributed by atoms with Crippen molar-refractivity contribution >= 4 is 5.91 Å². The average molecular weight is 187 g/mol. The van der Waals surface area contributed by atoms with Crippen LogP contribution in [0.3, 0.4) is 0 Å². The van der Waals surface area contributed by atoms with Gasteiger partial charge >= 0.3 is 0 Å². The maximum atomic E-state index is 11.0. The van der Waals surface area contributed by atoms with Crippen LogP contribution in [0.1, 0.15) is 6.42 Å². The van der Waals surface area contributed by atoms with Gasteiger partial charge in [0.05, 0.1) is 0 Å². The van der Waals surface area contributed by atoms with Gasteiger partial charge in [-0.15, -0.1) is 0 Å². The van der Waals surface area contributed by atoms with Crippen LogP contribution in [0, 0.1) is 0 Å². The summed E-state index contributed by atoms with van der Waals surface area (Å²) in [6, 6.07) is 0. The van der Waals surface area contributed by atoms with E-state index in [1.165, 1.54) is 0 Å². The minimum absolute atomic E-state index is 0.0372. The van der Waals surface area contributed by atoms with Gasteiger partial charge in [-0.2, -0.15) is 0 Å². The molecule has 0 rings (SSSR count). The van der Waals surface area contributed by atoms with Crippen molar-refractivity contribution < 1.29 is 10.0 Å². The van der Waals surface area contributed by atoms with E-state index >= 15 is 0 Å². The fraction of sp³-hybridized carbons (Fsp3) is 0.625. The molecule has 0 aromatic carbocycles. The van der Waals surface area contributed by atoms with Crippen LogP contribution in [0.5, 0.6) is 0 Å². The molecule has 0 heterocycles. The first-order valence-corrected chi connectivity index (χ1v) is 4.10. The Balaban J connectivity index is 3.43. The van der Waals surface area contributed by atoms with E-state index in [-0.39, 0.29) is 11.6 Å². The number of amides is 1. The molecule has 0 atom stereocenters. The summed E-state index contributed by atoms with van der Waals surface area (Å²) in [5, 5.41) is 10.9. The lowest BCUT2D eigenvalue weighted by Crippen LogP contribution is -2.31. The van der Waals surface area contributed by atoms with E-state index in [0.717, 1.165) is 13.0 Å². The Kier molecular flexibility index (Phi) is 5.92. The number of hydroxylamine groups is 1. The van der Waals surface area contributed by atoms with E-state index in [0.29, 0.717) is 6.54 Å².